The quantitative estimate of drug-likeness (QED) is 0.747. The Hall–Kier alpha value is -0.810. The molecule has 0 aliphatic carbocycles. The van der Waals surface area contributed by atoms with Crippen molar-refractivity contribution in [1.82, 2.24) is 0 Å². The van der Waals surface area contributed by atoms with Crippen molar-refractivity contribution in [1.29, 1.82) is 5.26 Å². The van der Waals surface area contributed by atoms with Crippen LogP contribution in [0.5, 0.6) is 0 Å². The molecule has 1 aromatic rings. The summed E-state index contributed by atoms with van der Waals surface area (Å²) in [6, 6.07) is 1.83. The number of hydrogen-bond donors (Lipinski definition) is 1. The van der Waals surface area contributed by atoms with E-state index in [1.54, 1.807) is 22.6 Å². The highest BCUT2D eigenvalue weighted by molar-refractivity contribution is 14.1. The van der Waals surface area contributed by atoms with E-state index in [1.807, 2.05) is 6.07 Å². The van der Waals surface area contributed by atoms with Crippen LogP contribution in [0.25, 0.3) is 0 Å². The number of carboxylic acid groups (broad SMARTS) is 1. The molecular weight excluding hydrogens is 291 g/mol. The molecule has 0 fully saturated rings. The lowest BCUT2D eigenvalue weighted by atomic mass is 10.3. The molecule has 1 aromatic heterocycles. The van der Waals surface area contributed by atoms with Crippen LogP contribution < -0.4 is 10.8 Å². The molecule has 1 rings (SSSR count). The molecule has 0 aromatic carbocycles. The molecule has 0 bridgehead atoms. The van der Waals surface area contributed by atoms with Crippen molar-refractivity contribution in [2.45, 2.75) is 0 Å². The molecule has 0 saturated heterocycles. The fraction of sp³-hybridized carbons (Fsp3) is 0. The zero-order valence-corrected chi connectivity index (χ0v) is 8.60. The van der Waals surface area contributed by atoms with Gasteiger partial charge in [-0.2, -0.15) is 5.26 Å². The van der Waals surface area contributed by atoms with Crippen molar-refractivity contribution in [2.24, 2.45) is 0 Å². The highest BCUT2D eigenvalue weighted by Crippen LogP contribution is 2.30. The maximum absolute atomic E-state index is 10.4. The van der Waals surface area contributed by atoms with Gasteiger partial charge in [0.1, 0.15) is 16.6 Å². The maximum atomic E-state index is 10.4. The minimum absolute atomic E-state index is 0.0182. The summed E-state index contributed by atoms with van der Waals surface area (Å²) in [4.78, 5) is 10.5. The van der Waals surface area contributed by atoms with Crippen LogP contribution >= 0.6 is 33.9 Å². The Balaban J connectivity index is 3.39. The Bertz CT molecular complexity index is 380. The zero-order chi connectivity index (χ0) is 9.30. The molecule has 0 amide bonds. The number of carboxylic acids is 1. The molecular formula is C6H2IN2O2S-. The van der Waals surface area contributed by atoms with E-state index in [9.17, 15) is 9.90 Å². The van der Waals surface area contributed by atoms with Gasteiger partial charge in [0.25, 0.3) is 0 Å². The van der Waals surface area contributed by atoms with Gasteiger partial charge in [-0.1, -0.05) is 0 Å². The van der Waals surface area contributed by atoms with Gasteiger partial charge in [0.05, 0.1) is 14.4 Å². The molecule has 2 N–H and O–H groups in total. The maximum Gasteiger partial charge on any atom is 0.105 e. The second-order valence-electron chi connectivity index (χ2n) is 1.88. The molecule has 0 aliphatic heterocycles. The van der Waals surface area contributed by atoms with Gasteiger partial charge in [-0.15, -0.1) is 11.3 Å². The van der Waals surface area contributed by atoms with Gasteiger partial charge in [-0.3, -0.25) is 0 Å². The van der Waals surface area contributed by atoms with Crippen molar-refractivity contribution >= 4 is 44.9 Å². The Labute approximate surface area is 85.8 Å². The monoisotopic (exact) mass is 293 g/mol. The molecule has 0 unspecified atom stereocenters. The van der Waals surface area contributed by atoms with Crippen LogP contribution in [0.15, 0.2) is 0 Å². The zero-order valence-electron chi connectivity index (χ0n) is 5.63. The number of nitriles is 1. The van der Waals surface area contributed by atoms with Gasteiger partial charge < -0.3 is 15.6 Å². The van der Waals surface area contributed by atoms with E-state index in [2.05, 4.69) is 0 Å². The van der Waals surface area contributed by atoms with Crippen molar-refractivity contribution < 1.29 is 9.90 Å². The second-order valence-corrected chi connectivity index (χ2v) is 4.01. The van der Waals surface area contributed by atoms with Crippen LogP contribution in [0.1, 0.15) is 15.2 Å². The summed E-state index contributed by atoms with van der Waals surface area (Å²) in [6.07, 6.45) is 0. The number of anilines is 1. The number of nitrogen functional groups attached to an aromatic ring is 1. The van der Waals surface area contributed by atoms with Gasteiger partial charge in [0, 0.05) is 0 Å². The normalized spacial score (nSPS) is 9.33. The number of carbonyl (C=O) groups is 1. The first-order valence-corrected chi connectivity index (χ1v) is 4.66. The summed E-state index contributed by atoms with van der Waals surface area (Å²) >= 11 is 2.62. The minimum atomic E-state index is -1.29. The molecule has 0 spiro atoms. The lowest BCUT2D eigenvalue weighted by Crippen LogP contribution is -2.21. The highest BCUT2D eigenvalue weighted by atomic mass is 127. The summed E-state index contributed by atoms with van der Waals surface area (Å²) < 4.78 is 0.359. The first-order chi connectivity index (χ1) is 5.57. The number of hydrogen-bond acceptors (Lipinski definition) is 5. The summed E-state index contributed by atoms with van der Waals surface area (Å²) in [5, 5.41) is 19.2. The van der Waals surface area contributed by atoms with Gasteiger partial charge in [0.2, 0.25) is 0 Å². The van der Waals surface area contributed by atoms with Crippen LogP contribution in [0.4, 0.5) is 5.00 Å². The predicted molar refractivity (Wildman–Crippen MR) is 50.5 cm³/mol. The molecule has 6 heteroatoms. The molecule has 0 saturated carbocycles. The first-order valence-electron chi connectivity index (χ1n) is 2.77. The number of aromatic carboxylic acids is 1. The van der Waals surface area contributed by atoms with E-state index in [4.69, 9.17) is 11.0 Å². The molecule has 1 heterocycles. The summed E-state index contributed by atoms with van der Waals surface area (Å²) in [6.45, 7) is 0. The standard InChI is InChI=1S/C6H3IN2O2S/c7-3-2(1-8)5(9)12-4(3)6(10)11/h9H2,(H,10,11)/p-1. The van der Waals surface area contributed by atoms with Crippen LogP contribution in [-0.4, -0.2) is 5.97 Å². The van der Waals surface area contributed by atoms with E-state index >= 15 is 0 Å². The van der Waals surface area contributed by atoms with Crippen molar-refractivity contribution in [3.63, 3.8) is 0 Å². The van der Waals surface area contributed by atoms with Crippen LogP contribution in [-0.2, 0) is 0 Å². The minimum Gasteiger partial charge on any atom is -0.544 e. The van der Waals surface area contributed by atoms with E-state index in [-0.39, 0.29) is 15.4 Å². The topological polar surface area (TPSA) is 89.9 Å². The number of halogens is 1. The largest absolute Gasteiger partial charge is 0.544 e. The average Bonchev–Trinajstić information content (AvgIpc) is 2.27. The summed E-state index contributed by atoms with van der Waals surface area (Å²) in [5.74, 6) is -1.29. The predicted octanol–water partition coefficient (Wildman–Crippen LogP) is 0.170. The van der Waals surface area contributed by atoms with E-state index < -0.39 is 5.97 Å². The fourth-order valence-corrected chi connectivity index (χ4v) is 2.55. The number of nitrogens with two attached hydrogens (primary N) is 1. The van der Waals surface area contributed by atoms with Crippen LogP contribution in [0.2, 0.25) is 0 Å². The number of carbonyl (C=O) groups excluding carboxylic acids is 1. The SMILES string of the molecule is N#Cc1c(N)sc(C(=O)[O-])c1I. The molecule has 0 atom stereocenters. The number of rotatable bonds is 1. The van der Waals surface area contributed by atoms with Crippen molar-refractivity contribution in [2.75, 3.05) is 5.73 Å². The van der Waals surface area contributed by atoms with Crippen molar-refractivity contribution in [3.8, 4) is 6.07 Å². The van der Waals surface area contributed by atoms with Gasteiger partial charge in [-0.25, -0.2) is 0 Å². The van der Waals surface area contributed by atoms with E-state index in [1.165, 1.54) is 0 Å². The fourth-order valence-electron chi connectivity index (χ4n) is 0.663. The second kappa shape index (κ2) is 3.28. The lowest BCUT2D eigenvalue weighted by Gasteiger charge is -1.95. The van der Waals surface area contributed by atoms with Gasteiger partial charge >= 0.3 is 0 Å². The van der Waals surface area contributed by atoms with E-state index in [0.717, 1.165) is 11.3 Å². The average molecular weight is 293 g/mol. The molecule has 0 radical (unpaired) electrons. The highest BCUT2D eigenvalue weighted by Gasteiger charge is 2.13. The Kier molecular flexibility index (Phi) is 2.54. The third-order valence-electron chi connectivity index (χ3n) is 1.17. The molecule has 12 heavy (non-hydrogen) atoms. The smallest absolute Gasteiger partial charge is 0.105 e. The van der Waals surface area contributed by atoms with Gasteiger partial charge in [0.15, 0.2) is 0 Å². The Morgan fingerprint density at radius 1 is 1.75 bits per heavy atom. The number of nitrogens with zero attached hydrogens (tertiary/aromatic N) is 1. The van der Waals surface area contributed by atoms with Crippen LogP contribution in [0.3, 0.4) is 0 Å². The molecule has 62 valence electrons. The molecule has 4 nitrogen and oxygen atoms in total. The molecule has 0 aliphatic rings. The van der Waals surface area contributed by atoms with Gasteiger partial charge in [-0.05, 0) is 22.6 Å². The Morgan fingerprint density at radius 3 is 2.58 bits per heavy atom. The summed E-state index contributed by atoms with van der Waals surface area (Å²) in [7, 11) is 0. The number of thiophene rings is 1. The van der Waals surface area contributed by atoms with Crippen LogP contribution in [0, 0.1) is 14.9 Å². The Morgan fingerprint density at radius 2 is 2.33 bits per heavy atom. The van der Waals surface area contributed by atoms with E-state index in [0.29, 0.717) is 3.57 Å². The lowest BCUT2D eigenvalue weighted by molar-refractivity contribution is -0.254. The third-order valence-corrected chi connectivity index (χ3v) is 3.62. The first kappa shape index (κ1) is 9.28. The summed E-state index contributed by atoms with van der Waals surface area (Å²) in [5.41, 5.74) is 5.61. The third kappa shape index (κ3) is 1.37. The van der Waals surface area contributed by atoms with Crippen molar-refractivity contribution in [3.05, 3.63) is 14.0 Å².